The van der Waals surface area contributed by atoms with E-state index in [-0.39, 0.29) is 11.1 Å². The Bertz CT molecular complexity index is 805. The van der Waals surface area contributed by atoms with Crippen LogP contribution in [0.3, 0.4) is 0 Å². The molecule has 3 rings (SSSR count). The lowest BCUT2D eigenvalue weighted by atomic mass is 10.3. The predicted octanol–water partition coefficient (Wildman–Crippen LogP) is 1.17. The number of aryl methyl sites for hydroxylation is 1. The van der Waals surface area contributed by atoms with Crippen LogP contribution < -0.4 is 10.9 Å². The van der Waals surface area contributed by atoms with Crippen molar-refractivity contribution in [2.45, 2.75) is 6.92 Å². The molecular weight excluding hydrogens is 286 g/mol. The van der Waals surface area contributed by atoms with Crippen LogP contribution in [0.5, 0.6) is 0 Å². The number of hydrogen-bond acceptors (Lipinski definition) is 7. The summed E-state index contributed by atoms with van der Waals surface area (Å²) >= 11 is 2.53. The molecule has 1 N–H and O–H groups in total. The van der Waals surface area contributed by atoms with Crippen LogP contribution in [0, 0.1) is 6.92 Å². The fourth-order valence-electron chi connectivity index (χ4n) is 1.57. The molecule has 3 aromatic heterocycles. The van der Waals surface area contributed by atoms with Gasteiger partial charge in [-0.1, -0.05) is 11.3 Å². The zero-order chi connectivity index (χ0) is 13.4. The molecule has 0 aliphatic heterocycles. The summed E-state index contributed by atoms with van der Waals surface area (Å²) < 4.78 is 1.42. The van der Waals surface area contributed by atoms with E-state index < -0.39 is 5.91 Å². The number of rotatable bonds is 2. The number of anilines is 1. The van der Waals surface area contributed by atoms with Crippen molar-refractivity contribution in [3.63, 3.8) is 0 Å². The number of thiazole rings is 1. The van der Waals surface area contributed by atoms with E-state index in [1.807, 2.05) is 5.38 Å². The third-order valence-electron chi connectivity index (χ3n) is 2.44. The standard InChI is InChI=1S/C10H7N5O2S2/c1-5-3-18-10-11-2-6(8(17)15(5)10)7(16)13-9-14-12-4-19-9/h2-4H,1H3,(H,13,14,16). The van der Waals surface area contributed by atoms with Gasteiger partial charge in [-0.05, 0) is 6.92 Å². The first-order chi connectivity index (χ1) is 9.16. The van der Waals surface area contributed by atoms with E-state index in [2.05, 4.69) is 20.5 Å². The highest BCUT2D eigenvalue weighted by Crippen LogP contribution is 2.12. The minimum absolute atomic E-state index is 0.0193. The van der Waals surface area contributed by atoms with Crippen molar-refractivity contribution in [1.82, 2.24) is 19.6 Å². The largest absolute Gasteiger partial charge is 0.296 e. The highest BCUT2D eigenvalue weighted by molar-refractivity contribution is 7.15. The molecular formula is C10H7N5O2S2. The van der Waals surface area contributed by atoms with Gasteiger partial charge in [-0.3, -0.25) is 19.3 Å². The Morgan fingerprint density at radius 3 is 3.00 bits per heavy atom. The molecule has 0 saturated heterocycles. The smallest absolute Gasteiger partial charge is 0.271 e. The maximum atomic E-state index is 12.2. The van der Waals surface area contributed by atoms with E-state index in [0.717, 1.165) is 5.69 Å². The molecule has 0 bridgehead atoms. The van der Waals surface area contributed by atoms with Crippen molar-refractivity contribution in [2.75, 3.05) is 5.32 Å². The number of carbonyl (C=O) groups excluding carboxylic acids is 1. The van der Waals surface area contributed by atoms with Crippen LogP contribution in [0.25, 0.3) is 4.96 Å². The van der Waals surface area contributed by atoms with Gasteiger partial charge in [0, 0.05) is 17.3 Å². The molecule has 0 atom stereocenters. The average molecular weight is 293 g/mol. The fraction of sp³-hybridized carbons (Fsp3) is 0.100. The van der Waals surface area contributed by atoms with Crippen LogP contribution in [-0.4, -0.2) is 25.5 Å². The summed E-state index contributed by atoms with van der Waals surface area (Å²) in [5.74, 6) is -0.533. The second-order valence-corrected chi connectivity index (χ2v) is 5.34. The van der Waals surface area contributed by atoms with Crippen LogP contribution in [0.2, 0.25) is 0 Å². The molecule has 9 heteroatoms. The molecule has 0 unspecified atom stereocenters. The summed E-state index contributed by atoms with van der Waals surface area (Å²) in [6.45, 7) is 1.79. The Balaban J connectivity index is 2.05. The fourth-order valence-corrected chi connectivity index (χ4v) is 2.84. The molecule has 0 aliphatic carbocycles. The van der Waals surface area contributed by atoms with E-state index in [1.54, 1.807) is 6.92 Å². The molecule has 3 heterocycles. The number of nitrogens with zero attached hydrogens (tertiary/aromatic N) is 4. The monoisotopic (exact) mass is 293 g/mol. The molecule has 1 amide bonds. The Kier molecular flexibility index (Phi) is 2.84. The van der Waals surface area contributed by atoms with Crippen molar-refractivity contribution >= 4 is 38.7 Å². The predicted molar refractivity (Wildman–Crippen MR) is 71.9 cm³/mol. The normalized spacial score (nSPS) is 10.8. The summed E-state index contributed by atoms with van der Waals surface area (Å²) in [6.07, 6.45) is 1.28. The van der Waals surface area contributed by atoms with Crippen LogP contribution >= 0.6 is 22.7 Å². The van der Waals surface area contributed by atoms with Gasteiger partial charge in [0.05, 0.1) is 0 Å². The van der Waals surface area contributed by atoms with Gasteiger partial charge in [-0.15, -0.1) is 21.5 Å². The highest BCUT2D eigenvalue weighted by atomic mass is 32.1. The minimum Gasteiger partial charge on any atom is -0.296 e. The van der Waals surface area contributed by atoms with Crippen molar-refractivity contribution in [3.8, 4) is 0 Å². The van der Waals surface area contributed by atoms with Gasteiger partial charge < -0.3 is 0 Å². The number of hydrogen-bond donors (Lipinski definition) is 1. The van der Waals surface area contributed by atoms with E-state index in [1.165, 1.54) is 38.8 Å². The summed E-state index contributed by atoms with van der Waals surface area (Å²) in [4.78, 5) is 28.9. The van der Waals surface area contributed by atoms with Gasteiger partial charge in [0.1, 0.15) is 11.1 Å². The SMILES string of the molecule is Cc1csc2ncc(C(=O)Nc3nncs3)c(=O)n12. The molecule has 0 saturated carbocycles. The van der Waals surface area contributed by atoms with E-state index in [9.17, 15) is 9.59 Å². The highest BCUT2D eigenvalue weighted by Gasteiger charge is 2.16. The van der Waals surface area contributed by atoms with Crippen LogP contribution in [0.1, 0.15) is 16.1 Å². The van der Waals surface area contributed by atoms with Gasteiger partial charge in [0.2, 0.25) is 5.13 Å². The van der Waals surface area contributed by atoms with E-state index >= 15 is 0 Å². The molecule has 0 radical (unpaired) electrons. The van der Waals surface area contributed by atoms with E-state index in [4.69, 9.17) is 0 Å². The Morgan fingerprint density at radius 2 is 2.26 bits per heavy atom. The zero-order valence-electron chi connectivity index (χ0n) is 9.65. The number of nitrogens with one attached hydrogen (secondary N) is 1. The first-order valence-corrected chi connectivity index (χ1v) is 6.96. The third-order valence-corrected chi connectivity index (χ3v) is 4.01. The summed E-state index contributed by atoms with van der Waals surface area (Å²) in [7, 11) is 0. The summed E-state index contributed by atoms with van der Waals surface area (Å²) in [5, 5.41) is 12.0. The van der Waals surface area contributed by atoms with Crippen molar-refractivity contribution < 1.29 is 4.79 Å². The van der Waals surface area contributed by atoms with Gasteiger partial charge in [0.25, 0.3) is 11.5 Å². The number of aromatic nitrogens is 4. The second kappa shape index (κ2) is 4.52. The van der Waals surface area contributed by atoms with Crippen LogP contribution in [0.15, 0.2) is 21.9 Å². The van der Waals surface area contributed by atoms with E-state index in [0.29, 0.717) is 10.1 Å². The maximum absolute atomic E-state index is 12.2. The van der Waals surface area contributed by atoms with Gasteiger partial charge in [-0.2, -0.15) is 0 Å². The zero-order valence-corrected chi connectivity index (χ0v) is 11.3. The molecule has 3 aromatic rings. The molecule has 0 aliphatic rings. The lowest BCUT2D eigenvalue weighted by molar-refractivity contribution is 0.102. The number of fused-ring (bicyclic) bond motifs is 1. The molecule has 96 valence electrons. The average Bonchev–Trinajstić information content (AvgIpc) is 3.00. The van der Waals surface area contributed by atoms with Crippen molar-refractivity contribution in [3.05, 3.63) is 38.7 Å². The lowest BCUT2D eigenvalue weighted by Crippen LogP contribution is -2.26. The first kappa shape index (κ1) is 11.9. The lowest BCUT2D eigenvalue weighted by Gasteiger charge is -2.01. The quantitative estimate of drug-likeness (QED) is 0.766. The second-order valence-electron chi connectivity index (χ2n) is 3.67. The van der Waals surface area contributed by atoms with Gasteiger partial charge in [0.15, 0.2) is 4.96 Å². The summed E-state index contributed by atoms with van der Waals surface area (Å²) in [6, 6.07) is 0. The molecule has 0 spiro atoms. The van der Waals surface area contributed by atoms with Crippen molar-refractivity contribution in [2.24, 2.45) is 0 Å². The van der Waals surface area contributed by atoms with Crippen LogP contribution in [-0.2, 0) is 0 Å². The Hall–Kier alpha value is -2.13. The number of amides is 1. The Morgan fingerprint density at radius 1 is 1.42 bits per heavy atom. The topological polar surface area (TPSA) is 89.2 Å². The minimum atomic E-state index is -0.533. The third kappa shape index (κ3) is 2.02. The molecule has 0 fully saturated rings. The molecule has 7 nitrogen and oxygen atoms in total. The van der Waals surface area contributed by atoms with Crippen LogP contribution in [0.4, 0.5) is 5.13 Å². The van der Waals surface area contributed by atoms with Crippen molar-refractivity contribution in [1.29, 1.82) is 0 Å². The molecule has 0 aromatic carbocycles. The summed E-state index contributed by atoms with van der Waals surface area (Å²) in [5.41, 5.74) is 1.84. The Labute approximate surface area is 114 Å². The molecule has 19 heavy (non-hydrogen) atoms. The van der Waals surface area contributed by atoms with Gasteiger partial charge in [-0.25, -0.2) is 4.98 Å². The maximum Gasteiger partial charge on any atom is 0.271 e. The first-order valence-electron chi connectivity index (χ1n) is 5.20. The van der Waals surface area contributed by atoms with Gasteiger partial charge >= 0.3 is 0 Å². The number of carbonyl (C=O) groups is 1.